The van der Waals surface area contributed by atoms with Gasteiger partial charge in [0, 0.05) is 14.4 Å². The van der Waals surface area contributed by atoms with Crippen LogP contribution in [0, 0.1) is 0 Å². The molecular formula is C14H14Br2ClNS. The van der Waals surface area contributed by atoms with Gasteiger partial charge in [0.15, 0.2) is 0 Å². The molecule has 1 heterocycles. The lowest BCUT2D eigenvalue weighted by molar-refractivity contribution is 0.606. The van der Waals surface area contributed by atoms with E-state index in [-0.39, 0.29) is 6.04 Å². The van der Waals surface area contributed by atoms with Crippen LogP contribution in [0.15, 0.2) is 38.6 Å². The number of nitrogens with one attached hydrogen (secondary N) is 1. The standard InChI is InChI=1S/C14H14Br2ClNS/c1-2-7-18-14(12-5-6-13(16)19-12)10-4-3-9(15)8-11(10)17/h3-6,8,14,18H,2,7H2,1H3. The molecule has 1 nitrogen and oxygen atoms in total. The van der Waals surface area contributed by atoms with E-state index in [1.54, 1.807) is 11.3 Å². The predicted octanol–water partition coefficient (Wildman–Crippen LogP) is 6.02. The molecule has 102 valence electrons. The molecule has 2 rings (SSSR count). The van der Waals surface area contributed by atoms with Crippen molar-refractivity contribution in [2.75, 3.05) is 6.54 Å². The van der Waals surface area contributed by atoms with Gasteiger partial charge in [-0.15, -0.1) is 11.3 Å². The Kier molecular flexibility index (Phi) is 5.90. The molecule has 1 N–H and O–H groups in total. The van der Waals surface area contributed by atoms with Gasteiger partial charge in [-0.2, -0.15) is 0 Å². The minimum Gasteiger partial charge on any atom is -0.306 e. The molecule has 0 saturated carbocycles. The van der Waals surface area contributed by atoms with Crippen LogP contribution in [0.1, 0.15) is 29.8 Å². The maximum Gasteiger partial charge on any atom is 0.0702 e. The van der Waals surface area contributed by atoms with Crippen LogP contribution in [0.25, 0.3) is 0 Å². The molecule has 0 bridgehead atoms. The molecule has 1 atom stereocenters. The van der Waals surface area contributed by atoms with E-state index < -0.39 is 0 Å². The van der Waals surface area contributed by atoms with Crippen LogP contribution in [0.4, 0.5) is 0 Å². The van der Waals surface area contributed by atoms with Gasteiger partial charge < -0.3 is 5.32 Å². The Morgan fingerprint density at radius 1 is 1.26 bits per heavy atom. The van der Waals surface area contributed by atoms with E-state index in [1.165, 1.54) is 4.88 Å². The van der Waals surface area contributed by atoms with E-state index in [0.29, 0.717) is 0 Å². The predicted molar refractivity (Wildman–Crippen MR) is 91.3 cm³/mol. The van der Waals surface area contributed by atoms with Gasteiger partial charge in [0.2, 0.25) is 0 Å². The zero-order valence-electron chi connectivity index (χ0n) is 10.4. The Labute approximate surface area is 139 Å². The first-order chi connectivity index (χ1) is 9.11. The second-order valence-electron chi connectivity index (χ2n) is 4.19. The van der Waals surface area contributed by atoms with Gasteiger partial charge in [-0.25, -0.2) is 0 Å². The fraction of sp³-hybridized carbons (Fsp3) is 0.286. The Balaban J connectivity index is 2.36. The second kappa shape index (κ2) is 7.23. The second-order valence-corrected chi connectivity index (χ2v) is 8.01. The number of hydrogen-bond acceptors (Lipinski definition) is 2. The molecule has 1 unspecified atom stereocenters. The van der Waals surface area contributed by atoms with Crippen molar-refractivity contribution < 1.29 is 0 Å². The summed E-state index contributed by atoms with van der Waals surface area (Å²) in [5, 5.41) is 4.35. The number of benzene rings is 1. The highest BCUT2D eigenvalue weighted by Crippen LogP contribution is 2.35. The van der Waals surface area contributed by atoms with Crippen LogP contribution in [-0.4, -0.2) is 6.54 Å². The van der Waals surface area contributed by atoms with Gasteiger partial charge >= 0.3 is 0 Å². The maximum atomic E-state index is 6.38. The Morgan fingerprint density at radius 2 is 2.05 bits per heavy atom. The van der Waals surface area contributed by atoms with Crippen molar-refractivity contribution in [3.05, 3.63) is 54.1 Å². The summed E-state index contributed by atoms with van der Waals surface area (Å²) in [6.07, 6.45) is 1.09. The minimum absolute atomic E-state index is 0.150. The van der Waals surface area contributed by atoms with E-state index in [2.05, 4.69) is 62.3 Å². The molecule has 2 aromatic rings. The van der Waals surface area contributed by atoms with E-state index in [0.717, 1.165) is 31.8 Å². The lowest BCUT2D eigenvalue weighted by Crippen LogP contribution is -2.22. The van der Waals surface area contributed by atoms with Crippen LogP contribution in [-0.2, 0) is 0 Å². The Bertz CT molecular complexity index is 556. The lowest BCUT2D eigenvalue weighted by Gasteiger charge is -2.19. The van der Waals surface area contributed by atoms with Crippen molar-refractivity contribution in [2.24, 2.45) is 0 Å². The first-order valence-corrected chi connectivity index (χ1v) is 8.83. The van der Waals surface area contributed by atoms with Crippen LogP contribution in [0.2, 0.25) is 5.02 Å². The van der Waals surface area contributed by atoms with E-state index in [1.807, 2.05) is 12.1 Å². The highest BCUT2D eigenvalue weighted by Gasteiger charge is 2.18. The smallest absolute Gasteiger partial charge is 0.0702 e. The number of hydrogen-bond donors (Lipinski definition) is 1. The van der Waals surface area contributed by atoms with E-state index in [4.69, 9.17) is 11.6 Å². The van der Waals surface area contributed by atoms with Gasteiger partial charge in [0.1, 0.15) is 0 Å². The largest absolute Gasteiger partial charge is 0.306 e. The third-order valence-corrected chi connectivity index (χ3v) is 5.26. The third kappa shape index (κ3) is 4.05. The molecule has 0 saturated heterocycles. The summed E-state index contributed by atoms with van der Waals surface area (Å²) < 4.78 is 2.14. The fourth-order valence-corrected chi connectivity index (χ4v) is 4.17. The lowest BCUT2D eigenvalue weighted by atomic mass is 10.1. The summed E-state index contributed by atoms with van der Waals surface area (Å²) in [7, 11) is 0. The molecule has 0 aliphatic rings. The zero-order valence-corrected chi connectivity index (χ0v) is 15.2. The van der Waals surface area contributed by atoms with Crippen molar-refractivity contribution in [1.29, 1.82) is 0 Å². The summed E-state index contributed by atoms with van der Waals surface area (Å²) in [4.78, 5) is 1.27. The molecular weight excluding hydrogens is 409 g/mol. The summed E-state index contributed by atoms with van der Waals surface area (Å²) in [5.74, 6) is 0. The van der Waals surface area contributed by atoms with Gasteiger partial charge in [-0.1, -0.05) is 40.5 Å². The summed E-state index contributed by atoms with van der Waals surface area (Å²) >= 11 is 15.1. The summed E-state index contributed by atoms with van der Waals surface area (Å²) in [6.45, 7) is 3.13. The van der Waals surface area contributed by atoms with Crippen molar-refractivity contribution >= 4 is 54.8 Å². The number of rotatable bonds is 5. The monoisotopic (exact) mass is 421 g/mol. The molecule has 1 aromatic heterocycles. The topological polar surface area (TPSA) is 12.0 Å². The first kappa shape index (κ1) is 15.5. The molecule has 0 amide bonds. The maximum absolute atomic E-state index is 6.38. The van der Waals surface area contributed by atoms with Crippen molar-refractivity contribution in [2.45, 2.75) is 19.4 Å². The average Bonchev–Trinajstić information content (AvgIpc) is 2.78. The fourth-order valence-electron chi connectivity index (χ4n) is 1.87. The number of thiophene rings is 1. The molecule has 0 aliphatic heterocycles. The van der Waals surface area contributed by atoms with Gasteiger partial charge in [-0.05, 0) is 58.7 Å². The van der Waals surface area contributed by atoms with Crippen molar-refractivity contribution in [1.82, 2.24) is 5.32 Å². The van der Waals surface area contributed by atoms with Crippen molar-refractivity contribution in [3.63, 3.8) is 0 Å². The first-order valence-electron chi connectivity index (χ1n) is 6.05. The van der Waals surface area contributed by atoms with Gasteiger partial charge in [-0.3, -0.25) is 0 Å². The summed E-state index contributed by atoms with van der Waals surface area (Å²) in [5.41, 5.74) is 1.12. The van der Waals surface area contributed by atoms with Gasteiger partial charge in [0.25, 0.3) is 0 Å². The third-order valence-electron chi connectivity index (χ3n) is 2.75. The normalized spacial score (nSPS) is 12.6. The number of halogens is 3. The molecule has 0 radical (unpaired) electrons. The Hall–Kier alpha value is 0.130. The van der Waals surface area contributed by atoms with Crippen LogP contribution in [0.5, 0.6) is 0 Å². The highest BCUT2D eigenvalue weighted by molar-refractivity contribution is 9.11. The van der Waals surface area contributed by atoms with Gasteiger partial charge in [0.05, 0.1) is 9.83 Å². The van der Waals surface area contributed by atoms with Crippen molar-refractivity contribution in [3.8, 4) is 0 Å². The van der Waals surface area contributed by atoms with E-state index in [9.17, 15) is 0 Å². The highest BCUT2D eigenvalue weighted by atomic mass is 79.9. The van der Waals surface area contributed by atoms with E-state index >= 15 is 0 Å². The van der Waals surface area contributed by atoms with Crippen LogP contribution in [0.3, 0.4) is 0 Å². The van der Waals surface area contributed by atoms with Crippen LogP contribution >= 0.6 is 54.8 Å². The SMILES string of the molecule is CCCNC(c1ccc(Br)s1)c1ccc(Br)cc1Cl. The molecule has 19 heavy (non-hydrogen) atoms. The molecule has 0 aliphatic carbocycles. The molecule has 0 fully saturated rings. The van der Waals surface area contributed by atoms with Crippen LogP contribution < -0.4 is 5.32 Å². The molecule has 5 heteroatoms. The Morgan fingerprint density at radius 3 is 2.63 bits per heavy atom. The minimum atomic E-state index is 0.150. The average molecular weight is 424 g/mol. The molecule has 1 aromatic carbocycles. The molecule has 0 spiro atoms. The zero-order chi connectivity index (χ0) is 13.8. The summed E-state index contributed by atoms with van der Waals surface area (Å²) in [6, 6.07) is 10.4. The quantitative estimate of drug-likeness (QED) is 0.620.